The number of amides is 2. The smallest absolute Gasteiger partial charge is 0.251 e. The van der Waals surface area contributed by atoms with Crippen LogP contribution in [0.3, 0.4) is 0 Å². The zero-order valence-electron chi connectivity index (χ0n) is 13.9. The van der Waals surface area contributed by atoms with Crippen molar-refractivity contribution in [3.05, 3.63) is 53.8 Å². The highest BCUT2D eigenvalue weighted by Crippen LogP contribution is 2.35. The molecule has 0 radical (unpaired) electrons. The van der Waals surface area contributed by atoms with E-state index in [1.165, 1.54) is 24.3 Å². The maximum absolute atomic E-state index is 13.0. The van der Waals surface area contributed by atoms with E-state index in [4.69, 9.17) is 9.47 Å². The zero-order valence-corrected chi connectivity index (χ0v) is 13.9. The lowest BCUT2D eigenvalue weighted by Crippen LogP contribution is -2.37. The minimum atomic E-state index is -0.401. The van der Waals surface area contributed by atoms with E-state index in [0.29, 0.717) is 42.5 Å². The predicted octanol–water partition coefficient (Wildman–Crippen LogP) is 2.13. The van der Waals surface area contributed by atoms with E-state index in [0.717, 1.165) is 0 Å². The van der Waals surface area contributed by atoms with Gasteiger partial charge in [-0.1, -0.05) is 0 Å². The van der Waals surface area contributed by atoms with Gasteiger partial charge in [-0.2, -0.15) is 0 Å². The molecule has 1 N–H and O–H groups in total. The Hall–Kier alpha value is -3.09. The Bertz CT molecular complexity index is 853. The number of hydrogen-bond acceptors (Lipinski definition) is 4. The molecule has 4 rings (SSSR count). The molecule has 0 saturated carbocycles. The second-order valence-electron chi connectivity index (χ2n) is 6.21. The molecule has 0 bridgehead atoms. The van der Waals surface area contributed by atoms with Gasteiger partial charge >= 0.3 is 0 Å². The second-order valence-corrected chi connectivity index (χ2v) is 6.21. The lowest BCUT2D eigenvalue weighted by atomic mass is 10.2. The van der Waals surface area contributed by atoms with Crippen LogP contribution in [0.25, 0.3) is 0 Å². The Labute approximate surface area is 149 Å². The second kappa shape index (κ2) is 6.67. The van der Waals surface area contributed by atoms with Crippen molar-refractivity contribution in [2.75, 3.05) is 24.7 Å². The summed E-state index contributed by atoms with van der Waals surface area (Å²) in [5.41, 5.74) is 1.06. The number of nitrogens with one attached hydrogen (secondary N) is 1. The largest absolute Gasteiger partial charge is 0.486 e. The summed E-state index contributed by atoms with van der Waals surface area (Å²) in [5.74, 6) is 0.466. The van der Waals surface area contributed by atoms with Crippen molar-refractivity contribution >= 4 is 17.5 Å². The minimum absolute atomic E-state index is 0.0777. The van der Waals surface area contributed by atoms with Gasteiger partial charge < -0.3 is 19.7 Å². The third-order valence-electron chi connectivity index (χ3n) is 4.40. The standard InChI is InChI=1S/C19H17FN2O4/c20-13-3-1-12(2-4-13)19(24)21-14-9-18(23)22(11-14)15-5-6-16-17(10-15)26-8-7-25-16/h1-6,10,14H,7-9,11H2,(H,21,24)/t14-/m0/s1. The van der Waals surface area contributed by atoms with Crippen LogP contribution in [0.5, 0.6) is 11.5 Å². The van der Waals surface area contributed by atoms with Crippen molar-refractivity contribution in [2.45, 2.75) is 12.5 Å². The fourth-order valence-electron chi connectivity index (χ4n) is 3.12. The van der Waals surface area contributed by atoms with Gasteiger partial charge in [-0.05, 0) is 36.4 Å². The normalized spacial score (nSPS) is 18.7. The molecule has 1 atom stereocenters. The number of nitrogens with zero attached hydrogens (tertiary/aromatic N) is 1. The van der Waals surface area contributed by atoms with Gasteiger partial charge in [0.2, 0.25) is 5.91 Å². The Balaban J connectivity index is 1.45. The molecule has 7 heteroatoms. The molecule has 134 valence electrons. The van der Waals surface area contributed by atoms with Gasteiger partial charge in [-0.25, -0.2) is 4.39 Å². The molecule has 26 heavy (non-hydrogen) atoms. The highest BCUT2D eigenvalue weighted by Gasteiger charge is 2.32. The van der Waals surface area contributed by atoms with E-state index in [1.54, 1.807) is 23.1 Å². The summed E-state index contributed by atoms with van der Waals surface area (Å²) in [4.78, 5) is 26.2. The van der Waals surface area contributed by atoms with Crippen LogP contribution in [-0.4, -0.2) is 37.6 Å². The summed E-state index contributed by atoms with van der Waals surface area (Å²) in [6, 6.07) is 10.3. The van der Waals surface area contributed by atoms with Crippen molar-refractivity contribution in [1.82, 2.24) is 5.32 Å². The molecule has 0 spiro atoms. The third-order valence-corrected chi connectivity index (χ3v) is 4.40. The Morgan fingerprint density at radius 1 is 1.08 bits per heavy atom. The number of anilines is 1. The molecule has 2 amide bonds. The molecule has 2 aromatic carbocycles. The maximum atomic E-state index is 13.0. The molecule has 0 unspecified atom stereocenters. The first-order chi connectivity index (χ1) is 12.6. The van der Waals surface area contributed by atoms with Gasteiger partial charge in [-0.3, -0.25) is 9.59 Å². The van der Waals surface area contributed by atoms with Gasteiger partial charge in [0.25, 0.3) is 5.91 Å². The van der Waals surface area contributed by atoms with E-state index in [9.17, 15) is 14.0 Å². The van der Waals surface area contributed by atoms with Gasteiger partial charge in [0.05, 0.1) is 6.04 Å². The van der Waals surface area contributed by atoms with E-state index < -0.39 is 5.82 Å². The molecule has 0 aliphatic carbocycles. The van der Waals surface area contributed by atoms with Crippen LogP contribution in [0.2, 0.25) is 0 Å². The number of benzene rings is 2. The fourth-order valence-corrected chi connectivity index (χ4v) is 3.12. The number of hydrogen-bond donors (Lipinski definition) is 1. The summed E-state index contributed by atoms with van der Waals surface area (Å²) < 4.78 is 24.0. The number of fused-ring (bicyclic) bond motifs is 1. The molecular weight excluding hydrogens is 339 g/mol. The van der Waals surface area contributed by atoms with Gasteiger partial charge in [0.15, 0.2) is 11.5 Å². The Morgan fingerprint density at radius 3 is 2.58 bits per heavy atom. The summed E-state index contributed by atoms with van der Waals surface area (Å²) in [6.07, 6.45) is 0.210. The average Bonchev–Trinajstić information content (AvgIpc) is 3.02. The van der Waals surface area contributed by atoms with Crippen LogP contribution >= 0.6 is 0 Å². The summed E-state index contributed by atoms with van der Waals surface area (Å²) in [6.45, 7) is 1.35. The van der Waals surface area contributed by atoms with Crippen LogP contribution in [-0.2, 0) is 4.79 Å². The first kappa shape index (κ1) is 16.4. The van der Waals surface area contributed by atoms with Crippen LogP contribution in [0.1, 0.15) is 16.8 Å². The van der Waals surface area contributed by atoms with E-state index in [1.807, 2.05) is 0 Å². The number of carbonyl (C=O) groups is 2. The minimum Gasteiger partial charge on any atom is -0.486 e. The van der Waals surface area contributed by atoms with E-state index in [-0.39, 0.29) is 24.3 Å². The van der Waals surface area contributed by atoms with Crippen molar-refractivity contribution < 1.29 is 23.5 Å². The molecule has 2 aliphatic heterocycles. The van der Waals surface area contributed by atoms with Crippen molar-refractivity contribution in [2.24, 2.45) is 0 Å². The number of ether oxygens (including phenoxy) is 2. The highest BCUT2D eigenvalue weighted by atomic mass is 19.1. The summed E-state index contributed by atoms with van der Waals surface area (Å²) in [7, 11) is 0. The topological polar surface area (TPSA) is 67.9 Å². The predicted molar refractivity (Wildman–Crippen MR) is 92.1 cm³/mol. The van der Waals surface area contributed by atoms with Crippen molar-refractivity contribution in [3.8, 4) is 11.5 Å². The highest BCUT2D eigenvalue weighted by molar-refractivity contribution is 5.99. The van der Waals surface area contributed by atoms with Crippen LogP contribution in [0.15, 0.2) is 42.5 Å². The SMILES string of the molecule is O=C(N[C@H]1CC(=O)N(c2ccc3c(c2)OCCO3)C1)c1ccc(F)cc1. The number of rotatable bonds is 3. The fraction of sp³-hybridized carbons (Fsp3) is 0.263. The molecule has 2 aromatic rings. The zero-order chi connectivity index (χ0) is 18.1. The van der Waals surface area contributed by atoms with Crippen LogP contribution in [0, 0.1) is 5.82 Å². The summed E-state index contributed by atoms with van der Waals surface area (Å²) in [5, 5.41) is 2.83. The van der Waals surface area contributed by atoms with E-state index >= 15 is 0 Å². The first-order valence-electron chi connectivity index (χ1n) is 8.36. The van der Waals surface area contributed by atoms with Crippen LogP contribution < -0.4 is 19.7 Å². The summed E-state index contributed by atoms with van der Waals surface area (Å²) >= 11 is 0. The third kappa shape index (κ3) is 3.20. The molecule has 2 heterocycles. The lowest BCUT2D eigenvalue weighted by Gasteiger charge is -2.22. The molecule has 6 nitrogen and oxygen atoms in total. The molecule has 2 aliphatic rings. The molecule has 1 fully saturated rings. The van der Waals surface area contributed by atoms with E-state index in [2.05, 4.69) is 5.32 Å². The molecular formula is C19H17FN2O4. The first-order valence-corrected chi connectivity index (χ1v) is 8.36. The Morgan fingerprint density at radius 2 is 1.81 bits per heavy atom. The van der Waals surface area contributed by atoms with Gasteiger partial charge in [-0.15, -0.1) is 0 Å². The van der Waals surface area contributed by atoms with Gasteiger partial charge in [0.1, 0.15) is 19.0 Å². The van der Waals surface area contributed by atoms with Crippen molar-refractivity contribution in [3.63, 3.8) is 0 Å². The monoisotopic (exact) mass is 356 g/mol. The van der Waals surface area contributed by atoms with Crippen molar-refractivity contribution in [1.29, 1.82) is 0 Å². The lowest BCUT2D eigenvalue weighted by molar-refractivity contribution is -0.117. The van der Waals surface area contributed by atoms with Gasteiger partial charge in [0, 0.05) is 30.3 Å². The quantitative estimate of drug-likeness (QED) is 0.915. The maximum Gasteiger partial charge on any atom is 0.251 e. The Kier molecular flexibility index (Phi) is 4.20. The molecule has 1 saturated heterocycles. The number of halogens is 1. The molecule has 0 aromatic heterocycles. The van der Waals surface area contributed by atoms with Crippen LogP contribution in [0.4, 0.5) is 10.1 Å². The average molecular weight is 356 g/mol. The number of carbonyl (C=O) groups excluding carboxylic acids is 2.